The lowest BCUT2D eigenvalue weighted by molar-refractivity contribution is -0.117. The van der Waals surface area contributed by atoms with Gasteiger partial charge in [0.05, 0.1) is 26.5 Å². The molecular formula is C19H21BrN2O3. The van der Waals surface area contributed by atoms with E-state index in [1.165, 1.54) is 11.1 Å². The Labute approximate surface area is 156 Å². The number of anilines is 1. The van der Waals surface area contributed by atoms with Crippen molar-refractivity contribution in [3.63, 3.8) is 0 Å². The summed E-state index contributed by atoms with van der Waals surface area (Å²) in [6.07, 6.45) is 0.887. The lowest BCUT2D eigenvalue weighted by Gasteiger charge is -2.29. The molecule has 1 amide bonds. The minimum Gasteiger partial charge on any atom is -0.493 e. The Morgan fingerprint density at radius 2 is 1.84 bits per heavy atom. The molecule has 132 valence electrons. The van der Waals surface area contributed by atoms with E-state index >= 15 is 0 Å². The first-order valence-electron chi connectivity index (χ1n) is 8.11. The molecule has 25 heavy (non-hydrogen) atoms. The summed E-state index contributed by atoms with van der Waals surface area (Å²) in [5, 5.41) is 2.95. The summed E-state index contributed by atoms with van der Waals surface area (Å²) in [6, 6.07) is 11.6. The van der Waals surface area contributed by atoms with Crippen LogP contribution in [0.2, 0.25) is 0 Å². The fourth-order valence-corrected chi connectivity index (χ4v) is 3.42. The fraction of sp³-hybridized carbons (Fsp3) is 0.316. The maximum absolute atomic E-state index is 12.4. The van der Waals surface area contributed by atoms with Gasteiger partial charge in [0.15, 0.2) is 11.5 Å². The first-order valence-corrected chi connectivity index (χ1v) is 8.90. The number of halogens is 1. The van der Waals surface area contributed by atoms with Crippen molar-refractivity contribution in [2.45, 2.75) is 13.0 Å². The van der Waals surface area contributed by atoms with E-state index in [0.29, 0.717) is 6.54 Å². The number of ether oxygens (including phenoxy) is 2. The van der Waals surface area contributed by atoms with E-state index in [-0.39, 0.29) is 5.91 Å². The highest BCUT2D eigenvalue weighted by molar-refractivity contribution is 9.10. The van der Waals surface area contributed by atoms with Crippen LogP contribution in [-0.4, -0.2) is 38.1 Å². The summed E-state index contributed by atoms with van der Waals surface area (Å²) in [5.41, 5.74) is 3.22. The van der Waals surface area contributed by atoms with Crippen LogP contribution in [0.5, 0.6) is 11.5 Å². The lowest BCUT2D eigenvalue weighted by atomic mass is 9.99. The van der Waals surface area contributed by atoms with Gasteiger partial charge in [-0.2, -0.15) is 0 Å². The Kier molecular flexibility index (Phi) is 5.60. The van der Waals surface area contributed by atoms with Crippen molar-refractivity contribution in [2.75, 3.05) is 32.6 Å². The number of rotatable bonds is 5. The van der Waals surface area contributed by atoms with Gasteiger partial charge < -0.3 is 14.8 Å². The SMILES string of the molecule is COc1cc2c(cc1OC)CN(CC(=O)Nc1ccccc1Br)CC2. The third-order valence-electron chi connectivity index (χ3n) is 4.31. The van der Waals surface area contributed by atoms with Crippen LogP contribution in [0.1, 0.15) is 11.1 Å². The molecule has 0 bridgehead atoms. The molecule has 1 N–H and O–H groups in total. The van der Waals surface area contributed by atoms with Crippen molar-refractivity contribution in [2.24, 2.45) is 0 Å². The van der Waals surface area contributed by atoms with E-state index in [1.54, 1.807) is 14.2 Å². The van der Waals surface area contributed by atoms with Crippen molar-refractivity contribution in [3.05, 3.63) is 52.0 Å². The standard InChI is InChI=1S/C19H21BrN2O3/c1-24-17-9-13-7-8-22(11-14(13)10-18(17)25-2)12-19(23)21-16-6-4-3-5-15(16)20/h3-6,9-10H,7-8,11-12H2,1-2H3,(H,21,23). The minimum absolute atomic E-state index is 0.0178. The second-order valence-electron chi connectivity index (χ2n) is 5.96. The van der Waals surface area contributed by atoms with Crippen LogP contribution in [0, 0.1) is 0 Å². The number of methoxy groups -OCH3 is 2. The minimum atomic E-state index is -0.0178. The van der Waals surface area contributed by atoms with Crippen molar-refractivity contribution in [1.29, 1.82) is 0 Å². The number of hydrogen-bond donors (Lipinski definition) is 1. The monoisotopic (exact) mass is 404 g/mol. The second kappa shape index (κ2) is 7.89. The molecule has 0 aliphatic carbocycles. The Balaban J connectivity index is 1.66. The van der Waals surface area contributed by atoms with Crippen molar-refractivity contribution < 1.29 is 14.3 Å². The molecule has 0 fully saturated rings. The van der Waals surface area contributed by atoms with Gasteiger partial charge in [-0.25, -0.2) is 0 Å². The number of carbonyl (C=O) groups is 1. The van der Waals surface area contributed by atoms with Gasteiger partial charge in [-0.1, -0.05) is 12.1 Å². The van der Waals surface area contributed by atoms with Crippen LogP contribution in [0.15, 0.2) is 40.9 Å². The molecule has 5 nitrogen and oxygen atoms in total. The van der Waals surface area contributed by atoms with Crippen LogP contribution in [-0.2, 0) is 17.8 Å². The number of nitrogens with one attached hydrogen (secondary N) is 1. The van der Waals surface area contributed by atoms with Crippen LogP contribution >= 0.6 is 15.9 Å². The summed E-state index contributed by atoms with van der Waals surface area (Å²) in [4.78, 5) is 14.5. The molecule has 2 aromatic carbocycles. The predicted molar refractivity (Wildman–Crippen MR) is 101 cm³/mol. The van der Waals surface area contributed by atoms with Crippen molar-refractivity contribution in [1.82, 2.24) is 4.90 Å². The fourth-order valence-electron chi connectivity index (χ4n) is 3.03. The largest absolute Gasteiger partial charge is 0.493 e. The highest BCUT2D eigenvalue weighted by Gasteiger charge is 2.21. The third kappa shape index (κ3) is 4.14. The quantitative estimate of drug-likeness (QED) is 0.828. The molecule has 2 aromatic rings. The number of hydrogen-bond acceptors (Lipinski definition) is 4. The van der Waals surface area contributed by atoms with Gasteiger partial charge >= 0.3 is 0 Å². The van der Waals surface area contributed by atoms with Crippen LogP contribution in [0.25, 0.3) is 0 Å². The number of para-hydroxylation sites is 1. The van der Waals surface area contributed by atoms with E-state index < -0.39 is 0 Å². The van der Waals surface area contributed by atoms with E-state index in [0.717, 1.165) is 41.2 Å². The maximum Gasteiger partial charge on any atom is 0.238 e. The zero-order valence-corrected chi connectivity index (χ0v) is 15.9. The normalized spacial score (nSPS) is 13.9. The molecule has 6 heteroatoms. The molecule has 1 aliphatic heterocycles. The first-order chi connectivity index (χ1) is 12.1. The summed E-state index contributed by atoms with van der Waals surface area (Å²) in [5.74, 6) is 1.46. The zero-order chi connectivity index (χ0) is 17.8. The Morgan fingerprint density at radius 1 is 1.16 bits per heavy atom. The van der Waals surface area contributed by atoms with E-state index in [4.69, 9.17) is 9.47 Å². The number of benzene rings is 2. The van der Waals surface area contributed by atoms with Crippen LogP contribution in [0.4, 0.5) is 5.69 Å². The topological polar surface area (TPSA) is 50.8 Å². The molecule has 0 saturated heterocycles. The van der Waals surface area contributed by atoms with Crippen LogP contribution < -0.4 is 14.8 Å². The zero-order valence-electron chi connectivity index (χ0n) is 14.3. The Bertz CT molecular complexity index is 779. The highest BCUT2D eigenvalue weighted by Crippen LogP contribution is 2.33. The average molecular weight is 405 g/mol. The van der Waals surface area contributed by atoms with Crippen molar-refractivity contribution >= 4 is 27.5 Å². The molecule has 1 aliphatic rings. The maximum atomic E-state index is 12.4. The smallest absolute Gasteiger partial charge is 0.238 e. The second-order valence-corrected chi connectivity index (χ2v) is 6.82. The number of amides is 1. The number of nitrogens with zero attached hydrogens (tertiary/aromatic N) is 1. The number of fused-ring (bicyclic) bond motifs is 1. The van der Waals surface area contributed by atoms with E-state index in [9.17, 15) is 4.79 Å². The molecule has 0 radical (unpaired) electrons. The molecule has 0 unspecified atom stereocenters. The third-order valence-corrected chi connectivity index (χ3v) is 5.00. The van der Waals surface area contributed by atoms with Crippen molar-refractivity contribution in [3.8, 4) is 11.5 Å². The van der Waals surface area contributed by atoms with Gasteiger partial charge in [0.1, 0.15) is 0 Å². The molecule has 0 aromatic heterocycles. The molecular weight excluding hydrogens is 384 g/mol. The van der Waals surface area contributed by atoms with Gasteiger partial charge in [0.2, 0.25) is 5.91 Å². The summed E-state index contributed by atoms with van der Waals surface area (Å²) in [7, 11) is 3.28. The molecule has 0 saturated carbocycles. The predicted octanol–water partition coefficient (Wildman–Crippen LogP) is 3.46. The van der Waals surface area contributed by atoms with Gasteiger partial charge in [-0.15, -0.1) is 0 Å². The van der Waals surface area contributed by atoms with Crippen LogP contribution in [0.3, 0.4) is 0 Å². The molecule has 1 heterocycles. The lowest BCUT2D eigenvalue weighted by Crippen LogP contribution is -2.37. The molecule has 3 rings (SSSR count). The molecule has 0 atom stereocenters. The first kappa shape index (κ1) is 17.8. The Hall–Kier alpha value is -2.05. The van der Waals surface area contributed by atoms with E-state index in [2.05, 4.69) is 26.1 Å². The highest BCUT2D eigenvalue weighted by atomic mass is 79.9. The van der Waals surface area contributed by atoms with Gasteiger partial charge in [0.25, 0.3) is 0 Å². The summed E-state index contributed by atoms with van der Waals surface area (Å²) < 4.78 is 11.6. The van der Waals surface area contributed by atoms with Gasteiger partial charge in [-0.3, -0.25) is 9.69 Å². The summed E-state index contributed by atoms with van der Waals surface area (Å²) in [6.45, 7) is 1.92. The average Bonchev–Trinajstić information content (AvgIpc) is 2.62. The number of carbonyl (C=O) groups excluding carboxylic acids is 1. The van der Waals surface area contributed by atoms with Gasteiger partial charge in [-0.05, 0) is 57.7 Å². The van der Waals surface area contributed by atoms with Gasteiger partial charge in [0, 0.05) is 17.6 Å². The Morgan fingerprint density at radius 3 is 2.52 bits per heavy atom. The summed E-state index contributed by atoms with van der Waals surface area (Å²) >= 11 is 3.45. The van der Waals surface area contributed by atoms with E-state index in [1.807, 2.05) is 36.4 Å². The molecule has 0 spiro atoms.